The van der Waals surface area contributed by atoms with Crippen molar-refractivity contribution in [1.82, 2.24) is 5.32 Å². The number of hydrogen-bond acceptors (Lipinski definition) is 3. The van der Waals surface area contributed by atoms with E-state index in [1.807, 2.05) is 6.07 Å². The van der Waals surface area contributed by atoms with E-state index < -0.39 is 17.4 Å². The third kappa shape index (κ3) is 3.68. The Bertz CT molecular complexity index is 810. The van der Waals surface area contributed by atoms with Crippen LogP contribution in [0.15, 0.2) is 29.8 Å². The molecule has 3 rings (SSSR count). The number of benzene rings is 1. The van der Waals surface area contributed by atoms with Crippen molar-refractivity contribution in [2.75, 3.05) is 6.54 Å². The van der Waals surface area contributed by atoms with Gasteiger partial charge in [-0.05, 0) is 48.8 Å². The molecule has 1 aliphatic heterocycles. The number of carboxylic acids is 2. The van der Waals surface area contributed by atoms with Gasteiger partial charge in [0.2, 0.25) is 0 Å². The lowest BCUT2D eigenvalue weighted by Gasteiger charge is -2.47. The molecule has 0 bridgehead atoms. The Morgan fingerprint density at radius 2 is 2.00 bits per heavy atom. The van der Waals surface area contributed by atoms with Gasteiger partial charge in [-0.3, -0.25) is 0 Å². The third-order valence-corrected chi connectivity index (χ3v) is 7.12. The average molecular weight is 426 g/mol. The van der Waals surface area contributed by atoms with Gasteiger partial charge in [0.1, 0.15) is 0 Å². The van der Waals surface area contributed by atoms with E-state index in [4.69, 9.17) is 23.2 Å². The summed E-state index contributed by atoms with van der Waals surface area (Å²) in [5, 5.41) is 23.8. The van der Waals surface area contributed by atoms with Crippen LogP contribution in [0.2, 0.25) is 10.0 Å². The molecule has 2 aliphatic rings. The monoisotopic (exact) mass is 425 g/mol. The molecule has 1 heterocycles. The highest BCUT2D eigenvalue weighted by Gasteiger charge is 2.58. The molecule has 7 heteroatoms. The van der Waals surface area contributed by atoms with E-state index in [1.165, 1.54) is 0 Å². The zero-order chi connectivity index (χ0) is 20.5. The maximum atomic E-state index is 12.2. The SMILES string of the molecule is CCCC1NC[C@@]2(C(=CC(=O)O)C(=O)O)[C@@H](c3ccc(Cl)c(Cl)c3)CCC[C@@H]12. The van der Waals surface area contributed by atoms with Gasteiger partial charge >= 0.3 is 11.9 Å². The zero-order valence-corrected chi connectivity index (χ0v) is 17.3. The Morgan fingerprint density at radius 1 is 1.25 bits per heavy atom. The molecule has 1 aliphatic carbocycles. The molecule has 3 N–H and O–H groups in total. The van der Waals surface area contributed by atoms with Crippen LogP contribution in [0.4, 0.5) is 0 Å². The molecule has 1 saturated carbocycles. The average Bonchev–Trinajstić information content (AvgIpc) is 3.01. The fraction of sp³-hybridized carbons (Fsp3) is 0.524. The van der Waals surface area contributed by atoms with E-state index in [0.717, 1.165) is 43.7 Å². The fourth-order valence-corrected chi connectivity index (χ4v) is 5.69. The van der Waals surface area contributed by atoms with Crippen molar-refractivity contribution in [2.45, 2.75) is 51.0 Å². The fourth-order valence-electron chi connectivity index (χ4n) is 5.38. The van der Waals surface area contributed by atoms with Crippen molar-refractivity contribution in [3.63, 3.8) is 0 Å². The molecule has 28 heavy (non-hydrogen) atoms. The zero-order valence-electron chi connectivity index (χ0n) is 15.8. The van der Waals surface area contributed by atoms with Crippen LogP contribution in [-0.2, 0) is 9.59 Å². The summed E-state index contributed by atoms with van der Waals surface area (Å²) < 4.78 is 0. The normalized spacial score (nSPS) is 30.1. The van der Waals surface area contributed by atoms with E-state index in [-0.39, 0.29) is 23.5 Å². The van der Waals surface area contributed by atoms with E-state index in [9.17, 15) is 19.8 Å². The summed E-state index contributed by atoms with van der Waals surface area (Å²) in [6, 6.07) is 5.58. The molecule has 5 nitrogen and oxygen atoms in total. The van der Waals surface area contributed by atoms with Gasteiger partial charge in [-0.2, -0.15) is 0 Å². The van der Waals surface area contributed by atoms with Crippen LogP contribution in [0, 0.1) is 11.3 Å². The number of rotatable bonds is 6. The molecular formula is C21H25Cl2NO4. The quantitative estimate of drug-likeness (QED) is 0.573. The van der Waals surface area contributed by atoms with Gasteiger partial charge in [-0.1, -0.05) is 49.0 Å². The molecule has 1 aromatic rings. The number of carboxylic acid groups (broad SMARTS) is 2. The lowest BCUT2D eigenvalue weighted by atomic mass is 9.55. The minimum Gasteiger partial charge on any atom is -0.478 e. The molecule has 1 aromatic carbocycles. The lowest BCUT2D eigenvalue weighted by Crippen LogP contribution is -2.45. The molecule has 0 aromatic heterocycles. The second kappa shape index (κ2) is 8.44. The van der Waals surface area contributed by atoms with Crippen molar-refractivity contribution in [2.24, 2.45) is 11.3 Å². The van der Waals surface area contributed by atoms with Gasteiger partial charge in [0.15, 0.2) is 0 Å². The second-order valence-corrected chi connectivity index (χ2v) is 8.60. The van der Waals surface area contributed by atoms with Crippen LogP contribution < -0.4 is 5.32 Å². The molecule has 152 valence electrons. The summed E-state index contributed by atoms with van der Waals surface area (Å²) in [7, 11) is 0. The van der Waals surface area contributed by atoms with Crippen LogP contribution in [0.5, 0.6) is 0 Å². The lowest BCUT2D eigenvalue weighted by molar-refractivity contribution is -0.137. The molecule has 0 amide bonds. The highest BCUT2D eigenvalue weighted by molar-refractivity contribution is 6.42. The molecule has 0 spiro atoms. The van der Waals surface area contributed by atoms with E-state index >= 15 is 0 Å². The predicted octanol–water partition coefficient (Wildman–Crippen LogP) is 4.73. The van der Waals surface area contributed by atoms with Gasteiger partial charge in [-0.15, -0.1) is 0 Å². The number of halogens is 2. The maximum Gasteiger partial charge on any atom is 0.332 e. The number of fused-ring (bicyclic) bond motifs is 1. The number of nitrogens with one attached hydrogen (secondary N) is 1. The Morgan fingerprint density at radius 3 is 2.61 bits per heavy atom. The van der Waals surface area contributed by atoms with Crippen molar-refractivity contribution >= 4 is 35.1 Å². The van der Waals surface area contributed by atoms with Crippen molar-refractivity contribution in [3.05, 3.63) is 45.5 Å². The number of carbonyl (C=O) groups is 2. The number of aliphatic carboxylic acids is 2. The first-order chi connectivity index (χ1) is 13.3. The second-order valence-electron chi connectivity index (χ2n) is 7.78. The van der Waals surface area contributed by atoms with Crippen LogP contribution in [0.3, 0.4) is 0 Å². The highest BCUT2D eigenvalue weighted by atomic mass is 35.5. The van der Waals surface area contributed by atoms with Crippen LogP contribution in [0.25, 0.3) is 0 Å². The highest BCUT2D eigenvalue weighted by Crippen LogP contribution is 2.59. The molecule has 2 fully saturated rings. The van der Waals surface area contributed by atoms with Crippen molar-refractivity contribution < 1.29 is 19.8 Å². The number of hydrogen-bond donors (Lipinski definition) is 3. The first kappa shape index (κ1) is 21.2. The van der Waals surface area contributed by atoms with Crippen LogP contribution in [-0.4, -0.2) is 34.7 Å². The topological polar surface area (TPSA) is 86.6 Å². The Hall–Kier alpha value is -1.56. The first-order valence-electron chi connectivity index (χ1n) is 9.68. The Labute approximate surface area is 174 Å². The molecule has 1 saturated heterocycles. The molecule has 4 atom stereocenters. The summed E-state index contributed by atoms with van der Waals surface area (Å²) in [6.07, 6.45) is 5.41. The summed E-state index contributed by atoms with van der Waals surface area (Å²) in [6.45, 7) is 2.55. The Kier molecular flexibility index (Phi) is 6.37. The summed E-state index contributed by atoms with van der Waals surface area (Å²) in [5.74, 6) is -2.49. The van der Waals surface area contributed by atoms with E-state index in [0.29, 0.717) is 16.6 Å². The summed E-state index contributed by atoms with van der Waals surface area (Å²) in [4.78, 5) is 23.7. The van der Waals surface area contributed by atoms with E-state index in [2.05, 4.69) is 12.2 Å². The minimum absolute atomic E-state index is 0.0214. The Balaban J connectivity index is 2.18. The van der Waals surface area contributed by atoms with Gasteiger partial charge in [0, 0.05) is 24.1 Å². The molecular weight excluding hydrogens is 401 g/mol. The van der Waals surface area contributed by atoms with Gasteiger partial charge in [-0.25, -0.2) is 9.59 Å². The van der Waals surface area contributed by atoms with Crippen molar-refractivity contribution in [1.29, 1.82) is 0 Å². The van der Waals surface area contributed by atoms with Crippen molar-refractivity contribution in [3.8, 4) is 0 Å². The predicted molar refractivity (Wildman–Crippen MR) is 109 cm³/mol. The first-order valence-corrected chi connectivity index (χ1v) is 10.4. The largest absolute Gasteiger partial charge is 0.478 e. The van der Waals surface area contributed by atoms with Gasteiger partial charge in [0.05, 0.1) is 15.6 Å². The third-order valence-electron chi connectivity index (χ3n) is 6.38. The van der Waals surface area contributed by atoms with Crippen LogP contribution >= 0.6 is 23.2 Å². The van der Waals surface area contributed by atoms with Crippen LogP contribution in [0.1, 0.15) is 50.5 Å². The maximum absolute atomic E-state index is 12.2. The van der Waals surface area contributed by atoms with E-state index in [1.54, 1.807) is 12.1 Å². The smallest absolute Gasteiger partial charge is 0.332 e. The van der Waals surface area contributed by atoms with Gasteiger partial charge in [0.25, 0.3) is 0 Å². The molecule has 1 unspecified atom stereocenters. The minimum atomic E-state index is -1.23. The molecule has 0 radical (unpaired) electrons. The summed E-state index contributed by atoms with van der Waals surface area (Å²) in [5.41, 5.74) is 0.0990. The standard InChI is InChI=1S/C21H25Cl2NO4/c1-2-4-18-14-6-3-5-13(12-7-8-16(22)17(23)9-12)21(14,11-24-18)15(20(27)28)10-19(25)26/h7-10,13-14,18,24H,2-6,11H2,1H3,(H,25,26)(H,27,28)/t13-,14+,18?,21-/m1/s1. The van der Waals surface area contributed by atoms with Gasteiger partial charge < -0.3 is 15.5 Å². The summed E-state index contributed by atoms with van der Waals surface area (Å²) >= 11 is 12.3.